The van der Waals surface area contributed by atoms with Crippen LogP contribution in [0, 0.1) is 0 Å². The molecular weight excluding hydrogens is 172 g/mol. The van der Waals surface area contributed by atoms with Crippen LogP contribution in [0.4, 0.5) is 0 Å². The molecule has 0 aromatic carbocycles. The van der Waals surface area contributed by atoms with Crippen molar-refractivity contribution < 1.29 is 17.0 Å². The molecule has 1 heterocycles. The maximum atomic E-state index is 3.23. The maximum absolute atomic E-state index is 3.23. The Morgan fingerprint density at radius 3 is 2.67 bits per heavy atom. The molecule has 1 rings (SSSR count). The second-order valence-electron chi connectivity index (χ2n) is 2.97. The van der Waals surface area contributed by atoms with Crippen molar-refractivity contribution in [2.75, 3.05) is 0 Å². The Morgan fingerprint density at radius 2 is 2.17 bits per heavy atom. The summed E-state index contributed by atoms with van der Waals surface area (Å²) in [4.78, 5) is 3.23. The van der Waals surface area contributed by atoms with E-state index in [4.69, 9.17) is 0 Å². The molecule has 3 heteroatoms. The van der Waals surface area contributed by atoms with Crippen LogP contribution in [0.5, 0.6) is 0 Å². The van der Waals surface area contributed by atoms with E-state index in [9.17, 15) is 0 Å². The van der Waals surface area contributed by atoms with E-state index in [2.05, 4.69) is 29.7 Å². The highest BCUT2D eigenvalue weighted by Crippen LogP contribution is 1.99. The number of hydrogen-bond donors (Lipinski definition) is 1. The van der Waals surface area contributed by atoms with Crippen LogP contribution in [0.1, 0.15) is 32.0 Å². The topological polar surface area (TPSA) is 19.7 Å². The Kier molecular flexibility index (Phi) is 5.81. The molecule has 70 valence electrons. The number of H-pyrrole nitrogens is 1. The molecule has 0 radical (unpaired) electrons. The van der Waals surface area contributed by atoms with Gasteiger partial charge in [-0.25, -0.2) is 9.55 Å². The molecule has 1 aromatic heterocycles. The fourth-order valence-electron chi connectivity index (χ4n) is 1.23. The smallest absolute Gasteiger partial charge is 0.253 e. The number of rotatable bonds is 4. The second-order valence-corrected chi connectivity index (χ2v) is 2.97. The van der Waals surface area contributed by atoms with Gasteiger partial charge in [0.05, 0.1) is 7.05 Å². The Morgan fingerprint density at radius 1 is 1.42 bits per heavy atom. The van der Waals surface area contributed by atoms with Crippen molar-refractivity contribution in [3.05, 3.63) is 18.2 Å². The lowest BCUT2D eigenvalue weighted by Gasteiger charge is -1.93. The van der Waals surface area contributed by atoms with E-state index >= 15 is 0 Å². The number of halogens is 1. The van der Waals surface area contributed by atoms with Gasteiger partial charge >= 0.3 is 0 Å². The van der Waals surface area contributed by atoms with Crippen molar-refractivity contribution >= 4 is 0 Å². The van der Waals surface area contributed by atoms with Crippen molar-refractivity contribution in [2.45, 2.75) is 32.6 Å². The quantitative estimate of drug-likeness (QED) is 0.442. The summed E-state index contributed by atoms with van der Waals surface area (Å²) < 4.78 is 2.15. The fraction of sp³-hybridized carbons (Fsp3) is 0.667. The number of hydrogen-bond acceptors (Lipinski definition) is 0. The number of unbranched alkanes of at least 4 members (excludes halogenated alkanes) is 2. The molecule has 2 nitrogen and oxygen atoms in total. The molecule has 0 unspecified atom stereocenters. The van der Waals surface area contributed by atoms with E-state index in [0.29, 0.717) is 0 Å². The molecule has 0 aliphatic rings. The monoisotopic (exact) mass is 188 g/mol. The first kappa shape index (κ1) is 11.5. The fourth-order valence-corrected chi connectivity index (χ4v) is 1.23. The van der Waals surface area contributed by atoms with Crippen molar-refractivity contribution in [1.29, 1.82) is 0 Å². The summed E-state index contributed by atoms with van der Waals surface area (Å²) >= 11 is 0. The van der Waals surface area contributed by atoms with Gasteiger partial charge in [-0.15, -0.1) is 0 Å². The Hall–Kier alpha value is -0.500. The van der Waals surface area contributed by atoms with Crippen LogP contribution in [-0.2, 0) is 13.5 Å². The highest BCUT2D eigenvalue weighted by molar-refractivity contribution is 4.76. The number of aromatic amines is 1. The minimum Gasteiger partial charge on any atom is -1.00 e. The summed E-state index contributed by atoms with van der Waals surface area (Å²) in [6, 6.07) is 0. The van der Waals surface area contributed by atoms with Gasteiger partial charge in [-0.1, -0.05) is 19.8 Å². The molecule has 0 aliphatic heterocycles. The van der Waals surface area contributed by atoms with Gasteiger partial charge < -0.3 is 12.4 Å². The average Bonchev–Trinajstić information content (AvgIpc) is 2.37. The van der Waals surface area contributed by atoms with Crippen molar-refractivity contribution in [2.24, 2.45) is 7.05 Å². The molecule has 0 spiro atoms. The van der Waals surface area contributed by atoms with Gasteiger partial charge in [0.25, 0.3) is 5.82 Å². The van der Waals surface area contributed by atoms with Gasteiger partial charge in [0, 0.05) is 6.42 Å². The highest BCUT2D eigenvalue weighted by Gasteiger charge is 2.03. The lowest BCUT2D eigenvalue weighted by Crippen LogP contribution is -3.00. The van der Waals surface area contributed by atoms with E-state index in [1.54, 1.807) is 0 Å². The van der Waals surface area contributed by atoms with E-state index < -0.39 is 0 Å². The minimum atomic E-state index is 0. The van der Waals surface area contributed by atoms with Crippen LogP contribution in [0.3, 0.4) is 0 Å². The molecule has 0 aliphatic carbocycles. The third-order valence-corrected chi connectivity index (χ3v) is 1.99. The molecule has 0 atom stereocenters. The first-order valence-electron chi connectivity index (χ1n) is 4.36. The third kappa shape index (κ3) is 3.26. The zero-order valence-electron chi connectivity index (χ0n) is 7.81. The van der Waals surface area contributed by atoms with E-state index in [-0.39, 0.29) is 12.4 Å². The van der Waals surface area contributed by atoms with E-state index in [1.165, 1.54) is 31.5 Å². The van der Waals surface area contributed by atoms with Crippen LogP contribution in [-0.4, -0.2) is 4.98 Å². The van der Waals surface area contributed by atoms with Crippen LogP contribution < -0.4 is 17.0 Å². The summed E-state index contributed by atoms with van der Waals surface area (Å²) in [5.74, 6) is 1.33. The van der Waals surface area contributed by atoms with Crippen molar-refractivity contribution in [3.63, 3.8) is 0 Å². The first-order chi connectivity index (χ1) is 5.34. The zero-order chi connectivity index (χ0) is 8.10. The number of aromatic nitrogens is 2. The predicted molar refractivity (Wildman–Crippen MR) is 45.2 cm³/mol. The maximum Gasteiger partial charge on any atom is 0.253 e. The summed E-state index contributed by atoms with van der Waals surface area (Å²) in [5, 5.41) is 0. The number of aryl methyl sites for hydroxylation is 2. The second kappa shape index (κ2) is 6.06. The third-order valence-electron chi connectivity index (χ3n) is 1.99. The first-order valence-corrected chi connectivity index (χ1v) is 4.36. The van der Waals surface area contributed by atoms with Gasteiger partial charge in [0.15, 0.2) is 0 Å². The van der Waals surface area contributed by atoms with Crippen molar-refractivity contribution in [3.8, 4) is 0 Å². The number of nitrogens with one attached hydrogen (secondary N) is 1. The zero-order valence-corrected chi connectivity index (χ0v) is 8.56. The van der Waals surface area contributed by atoms with Gasteiger partial charge in [-0.3, -0.25) is 0 Å². The molecular formula is C9H17ClN2. The van der Waals surface area contributed by atoms with E-state index in [0.717, 1.165) is 0 Å². The molecule has 1 N–H and O–H groups in total. The Bertz CT molecular complexity index is 208. The van der Waals surface area contributed by atoms with Gasteiger partial charge in [-0.05, 0) is 6.42 Å². The summed E-state index contributed by atoms with van der Waals surface area (Å²) in [6.07, 6.45) is 9.15. The van der Waals surface area contributed by atoms with E-state index in [1.807, 2.05) is 6.20 Å². The van der Waals surface area contributed by atoms with Crippen LogP contribution in [0.2, 0.25) is 0 Å². The van der Waals surface area contributed by atoms with Crippen LogP contribution >= 0.6 is 0 Å². The average molecular weight is 189 g/mol. The molecule has 0 bridgehead atoms. The molecule has 0 saturated carbocycles. The lowest BCUT2D eigenvalue weighted by atomic mass is 10.2. The van der Waals surface area contributed by atoms with Crippen LogP contribution in [0.15, 0.2) is 12.4 Å². The predicted octanol–water partition coefficient (Wildman–Crippen LogP) is -1.42. The van der Waals surface area contributed by atoms with Gasteiger partial charge in [-0.2, -0.15) is 0 Å². The summed E-state index contributed by atoms with van der Waals surface area (Å²) in [6.45, 7) is 2.23. The standard InChI is InChI=1S/C9H16N2.ClH/c1-3-4-5-6-9-10-7-8-11(9)2;/h7-8H,3-6H2,1-2H3;1H. The largest absolute Gasteiger partial charge is 1.00 e. The van der Waals surface area contributed by atoms with Crippen LogP contribution in [0.25, 0.3) is 0 Å². The minimum absolute atomic E-state index is 0. The molecule has 0 amide bonds. The molecule has 0 fully saturated rings. The molecule has 0 saturated heterocycles. The van der Waals surface area contributed by atoms with Gasteiger partial charge in [0.2, 0.25) is 0 Å². The number of imidazole rings is 1. The summed E-state index contributed by atoms with van der Waals surface area (Å²) in [7, 11) is 2.08. The molecule has 1 aromatic rings. The highest BCUT2D eigenvalue weighted by atomic mass is 35.5. The lowest BCUT2D eigenvalue weighted by molar-refractivity contribution is -0.677. The molecule has 12 heavy (non-hydrogen) atoms. The number of nitrogens with zero attached hydrogens (tertiary/aromatic N) is 1. The van der Waals surface area contributed by atoms with Crippen molar-refractivity contribution in [1.82, 2.24) is 4.98 Å². The SMILES string of the molecule is CCCCCc1[nH]cc[n+]1C.[Cl-]. The normalized spacial score (nSPS) is 9.50. The Balaban J connectivity index is 0.00000121. The summed E-state index contributed by atoms with van der Waals surface area (Å²) in [5.41, 5.74) is 0. The van der Waals surface area contributed by atoms with Gasteiger partial charge in [0.1, 0.15) is 12.4 Å². The Labute approximate surface area is 80.4 Å².